The molecular weight excluding hydrogens is 368 g/mol. The number of benzene rings is 1. The van der Waals surface area contributed by atoms with Crippen LogP contribution >= 0.6 is 11.6 Å². The Morgan fingerprint density at radius 1 is 1.40 bits per heavy atom. The average Bonchev–Trinajstić information content (AvgIpc) is 3.11. The molecule has 1 aromatic carbocycles. The minimum absolute atomic E-state index is 0.0528. The molecule has 0 spiro atoms. The molecule has 3 rings (SSSR count). The highest BCUT2D eigenvalue weighted by Crippen LogP contribution is 2.31. The maximum absolute atomic E-state index is 12.2. The van der Waals surface area contributed by atoms with Gasteiger partial charge in [0.05, 0.1) is 40.8 Å². The summed E-state index contributed by atoms with van der Waals surface area (Å²) in [6.45, 7) is 1.75. The zero-order valence-corrected chi connectivity index (χ0v) is 14.8. The molecule has 0 unspecified atom stereocenters. The largest absolute Gasteiger partial charge is 0.467 e. The standard InChI is InChI=1S/C16H15ClN2O5S/c1-10-9-25(22,23)19(16(10)21)11-4-5-13(14(17)7-11)15(20)18-8-12-3-2-6-24-12/h2-7,10H,8-9H2,1H3,(H,18,20)/t10-/m0/s1. The molecule has 0 bridgehead atoms. The van der Waals surface area contributed by atoms with Crippen molar-refractivity contribution >= 4 is 39.1 Å². The summed E-state index contributed by atoms with van der Waals surface area (Å²) in [6.07, 6.45) is 1.50. The van der Waals surface area contributed by atoms with E-state index in [9.17, 15) is 18.0 Å². The Morgan fingerprint density at radius 3 is 2.72 bits per heavy atom. The monoisotopic (exact) mass is 382 g/mol. The quantitative estimate of drug-likeness (QED) is 0.874. The Balaban J connectivity index is 1.81. The topological polar surface area (TPSA) is 96.7 Å². The smallest absolute Gasteiger partial charge is 0.253 e. The lowest BCUT2D eigenvalue weighted by molar-refractivity contribution is -0.119. The Kier molecular flexibility index (Phi) is 4.57. The van der Waals surface area contributed by atoms with Crippen molar-refractivity contribution in [3.63, 3.8) is 0 Å². The van der Waals surface area contributed by atoms with Crippen LogP contribution in [0.3, 0.4) is 0 Å². The first-order chi connectivity index (χ1) is 11.8. The number of nitrogens with zero attached hydrogens (tertiary/aromatic N) is 1. The number of carbonyl (C=O) groups is 2. The summed E-state index contributed by atoms with van der Waals surface area (Å²) in [5.41, 5.74) is 0.302. The lowest BCUT2D eigenvalue weighted by Crippen LogP contribution is -2.30. The number of carbonyl (C=O) groups excluding carboxylic acids is 2. The van der Waals surface area contributed by atoms with Crippen LogP contribution in [0.4, 0.5) is 5.69 Å². The molecule has 0 radical (unpaired) electrons. The molecule has 2 amide bonds. The van der Waals surface area contributed by atoms with Gasteiger partial charge in [0.1, 0.15) is 5.76 Å². The third-order valence-electron chi connectivity index (χ3n) is 3.80. The molecule has 1 N–H and O–H groups in total. The summed E-state index contributed by atoms with van der Waals surface area (Å²) in [7, 11) is -3.72. The summed E-state index contributed by atoms with van der Waals surface area (Å²) < 4.78 is 30.1. The fourth-order valence-corrected chi connectivity index (χ4v) is 4.65. The molecule has 1 fully saturated rings. The van der Waals surface area contributed by atoms with Crippen LogP contribution in [0.1, 0.15) is 23.0 Å². The van der Waals surface area contributed by atoms with Gasteiger partial charge < -0.3 is 9.73 Å². The fourth-order valence-electron chi connectivity index (χ4n) is 2.58. The molecule has 0 saturated carbocycles. The highest BCUT2D eigenvalue weighted by Gasteiger charge is 2.42. The van der Waals surface area contributed by atoms with Gasteiger partial charge in [0.25, 0.3) is 5.91 Å². The lowest BCUT2D eigenvalue weighted by Gasteiger charge is -2.16. The van der Waals surface area contributed by atoms with Crippen molar-refractivity contribution in [1.29, 1.82) is 0 Å². The molecule has 25 heavy (non-hydrogen) atoms. The predicted octanol–water partition coefficient (Wildman–Crippen LogP) is 2.18. The normalized spacial score (nSPS) is 19.2. The first-order valence-corrected chi connectivity index (χ1v) is 9.45. The molecule has 9 heteroatoms. The van der Waals surface area contributed by atoms with E-state index in [1.54, 1.807) is 19.1 Å². The molecule has 7 nitrogen and oxygen atoms in total. The molecule has 1 aromatic heterocycles. The molecule has 2 heterocycles. The third-order valence-corrected chi connectivity index (χ3v) is 5.98. The number of furan rings is 1. The van der Waals surface area contributed by atoms with E-state index in [1.165, 1.54) is 24.5 Å². The molecular formula is C16H15ClN2O5S. The van der Waals surface area contributed by atoms with Crippen molar-refractivity contribution in [3.8, 4) is 0 Å². The van der Waals surface area contributed by atoms with Crippen molar-refractivity contribution in [3.05, 3.63) is 52.9 Å². The van der Waals surface area contributed by atoms with Gasteiger partial charge in [-0.1, -0.05) is 18.5 Å². The summed E-state index contributed by atoms with van der Waals surface area (Å²) in [5.74, 6) is -1.21. The predicted molar refractivity (Wildman–Crippen MR) is 91.8 cm³/mol. The summed E-state index contributed by atoms with van der Waals surface area (Å²) in [4.78, 5) is 24.3. The first-order valence-electron chi connectivity index (χ1n) is 7.46. The summed E-state index contributed by atoms with van der Waals surface area (Å²) in [5, 5.41) is 2.70. The van der Waals surface area contributed by atoms with Gasteiger partial charge in [0.15, 0.2) is 0 Å². The Hall–Kier alpha value is -2.32. The van der Waals surface area contributed by atoms with Crippen LogP contribution in [0.15, 0.2) is 41.0 Å². The lowest BCUT2D eigenvalue weighted by atomic mass is 10.1. The van der Waals surface area contributed by atoms with Gasteiger partial charge in [-0.05, 0) is 30.3 Å². The van der Waals surface area contributed by atoms with E-state index in [-0.39, 0.29) is 28.6 Å². The van der Waals surface area contributed by atoms with Gasteiger partial charge in [0.2, 0.25) is 15.9 Å². The number of nitrogens with one attached hydrogen (secondary N) is 1. The van der Waals surface area contributed by atoms with Crippen molar-refractivity contribution in [1.82, 2.24) is 5.32 Å². The molecule has 1 aliphatic heterocycles. The zero-order chi connectivity index (χ0) is 18.2. The second kappa shape index (κ2) is 6.53. The van der Waals surface area contributed by atoms with E-state index in [2.05, 4.69) is 5.32 Å². The van der Waals surface area contributed by atoms with E-state index >= 15 is 0 Å². The molecule has 132 valence electrons. The Morgan fingerprint density at radius 2 is 2.16 bits per heavy atom. The van der Waals surface area contributed by atoms with Gasteiger partial charge >= 0.3 is 0 Å². The molecule has 0 aliphatic carbocycles. The minimum atomic E-state index is -3.72. The van der Waals surface area contributed by atoms with Crippen LogP contribution in [-0.2, 0) is 21.4 Å². The van der Waals surface area contributed by atoms with Crippen LogP contribution in [-0.4, -0.2) is 26.0 Å². The highest BCUT2D eigenvalue weighted by atomic mass is 35.5. The number of amides is 2. The molecule has 2 aromatic rings. The van der Waals surface area contributed by atoms with Crippen molar-refractivity contribution in [2.75, 3.05) is 10.1 Å². The van der Waals surface area contributed by atoms with Gasteiger partial charge in [-0.15, -0.1) is 0 Å². The maximum Gasteiger partial charge on any atom is 0.253 e. The van der Waals surface area contributed by atoms with Crippen molar-refractivity contribution < 1.29 is 22.4 Å². The average molecular weight is 383 g/mol. The fraction of sp³-hybridized carbons (Fsp3) is 0.250. The number of hydrogen-bond acceptors (Lipinski definition) is 5. The van der Waals surface area contributed by atoms with Crippen molar-refractivity contribution in [2.45, 2.75) is 13.5 Å². The van der Waals surface area contributed by atoms with Gasteiger partial charge in [0, 0.05) is 0 Å². The molecule has 1 atom stereocenters. The number of hydrogen-bond donors (Lipinski definition) is 1. The van der Waals surface area contributed by atoms with E-state index in [1.807, 2.05) is 0 Å². The third kappa shape index (κ3) is 3.40. The zero-order valence-electron chi connectivity index (χ0n) is 13.2. The van der Waals surface area contributed by atoms with Crippen LogP contribution in [0.2, 0.25) is 5.02 Å². The van der Waals surface area contributed by atoms with Crippen LogP contribution in [0.25, 0.3) is 0 Å². The number of halogens is 1. The summed E-state index contributed by atoms with van der Waals surface area (Å²) in [6, 6.07) is 7.51. The highest BCUT2D eigenvalue weighted by molar-refractivity contribution is 7.94. The second-order valence-corrected chi connectivity index (χ2v) is 7.98. The van der Waals surface area contributed by atoms with Gasteiger partial charge in [-0.2, -0.15) is 0 Å². The SMILES string of the molecule is C[C@H]1CS(=O)(=O)N(c2ccc(C(=O)NCc3ccco3)c(Cl)c2)C1=O. The number of anilines is 1. The molecule has 1 aliphatic rings. The van der Waals surface area contributed by atoms with E-state index in [0.29, 0.717) is 5.76 Å². The van der Waals surface area contributed by atoms with Crippen molar-refractivity contribution in [2.24, 2.45) is 5.92 Å². The van der Waals surface area contributed by atoms with Crippen LogP contribution < -0.4 is 9.62 Å². The summed E-state index contributed by atoms with van der Waals surface area (Å²) >= 11 is 6.12. The van der Waals surface area contributed by atoms with Crippen LogP contribution in [0.5, 0.6) is 0 Å². The number of sulfonamides is 1. The van der Waals surface area contributed by atoms with E-state index < -0.39 is 27.8 Å². The van der Waals surface area contributed by atoms with Crippen LogP contribution in [0, 0.1) is 5.92 Å². The van der Waals surface area contributed by atoms with Gasteiger partial charge in [-0.3, -0.25) is 9.59 Å². The second-order valence-electron chi connectivity index (χ2n) is 5.71. The maximum atomic E-state index is 12.2. The molecule has 1 saturated heterocycles. The Bertz CT molecular complexity index is 924. The first kappa shape index (κ1) is 17.5. The Labute approximate surface area is 149 Å². The van der Waals surface area contributed by atoms with E-state index in [0.717, 1.165) is 4.31 Å². The van der Waals surface area contributed by atoms with Gasteiger partial charge in [-0.25, -0.2) is 12.7 Å². The number of rotatable bonds is 4. The van der Waals surface area contributed by atoms with E-state index in [4.69, 9.17) is 16.0 Å². The minimum Gasteiger partial charge on any atom is -0.467 e.